The van der Waals surface area contributed by atoms with Gasteiger partial charge in [-0.2, -0.15) is 4.31 Å². The summed E-state index contributed by atoms with van der Waals surface area (Å²) in [5.74, 6) is -0.444. The van der Waals surface area contributed by atoms with E-state index in [1.807, 2.05) is 24.3 Å². The van der Waals surface area contributed by atoms with Crippen molar-refractivity contribution >= 4 is 33.0 Å². The van der Waals surface area contributed by atoms with E-state index in [0.717, 1.165) is 16.8 Å². The number of benzene rings is 2. The minimum atomic E-state index is -3.79. The van der Waals surface area contributed by atoms with E-state index in [4.69, 9.17) is 0 Å². The van der Waals surface area contributed by atoms with Crippen LogP contribution in [0.1, 0.15) is 11.1 Å². The van der Waals surface area contributed by atoms with Crippen molar-refractivity contribution in [3.05, 3.63) is 83.0 Å². The number of hydrogen-bond acceptors (Lipinski definition) is 5. The molecule has 3 aromatic rings. The summed E-state index contributed by atoms with van der Waals surface area (Å²) in [6.45, 7) is 2.38. The maximum Gasteiger partial charge on any atom is 0.253 e. The quantitative estimate of drug-likeness (QED) is 0.569. The first-order valence-corrected chi connectivity index (χ1v) is 13.2. The van der Waals surface area contributed by atoms with Crippen molar-refractivity contribution < 1.29 is 17.6 Å². The number of rotatable bonds is 4. The van der Waals surface area contributed by atoms with Crippen LogP contribution in [0.15, 0.2) is 70.3 Å². The number of thiophene rings is 1. The van der Waals surface area contributed by atoms with E-state index >= 15 is 0 Å². The Balaban J connectivity index is 1.38. The van der Waals surface area contributed by atoms with Gasteiger partial charge in [0, 0.05) is 38.4 Å². The van der Waals surface area contributed by atoms with Crippen molar-refractivity contribution in [2.24, 2.45) is 0 Å². The first kappa shape index (κ1) is 22.1. The van der Waals surface area contributed by atoms with Gasteiger partial charge in [0.15, 0.2) is 0 Å². The summed E-state index contributed by atoms with van der Waals surface area (Å²) in [4.78, 5) is 17.5. The van der Waals surface area contributed by atoms with Crippen LogP contribution in [0.3, 0.4) is 0 Å². The highest BCUT2D eigenvalue weighted by Gasteiger charge is 2.42. The topological polar surface area (TPSA) is 60.9 Å². The largest absolute Gasteiger partial charge is 0.368 e. The Labute approximate surface area is 196 Å². The molecule has 6 nitrogen and oxygen atoms in total. The molecule has 0 bridgehead atoms. The molecule has 0 spiro atoms. The number of piperazine rings is 1. The summed E-state index contributed by atoms with van der Waals surface area (Å²) in [6, 6.07) is 16.6. The minimum absolute atomic E-state index is 0.164. The molecule has 1 atom stereocenters. The number of fused-ring (bicyclic) bond motifs is 1. The van der Waals surface area contributed by atoms with Crippen LogP contribution in [-0.4, -0.2) is 55.8 Å². The van der Waals surface area contributed by atoms with Gasteiger partial charge in [-0.25, -0.2) is 12.8 Å². The zero-order chi connectivity index (χ0) is 23.0. The number of carbonyl (C=O) groups is 1. The second-order valence-electron chi connectivity index (χ2n) is 8.26. The average molecular weight is 486 g/mol. The maximum atomic E-state index is 13.6. The highest BCUT2D eigenvalue weighted by atomic mass is 32.2. The highest BCUT2D eigenvalue weighted by molar-refractivity contribution is 7.91. The Morgan fingerprint density at radius 2 is 1.61 bits per heavy atom. The fourth-order valence-electron chi connectivity index (χ4n) is 4.54. The molecule has 33 heavy (non-hydrogen) atoms. The van der Waals surface area contributed by atoms with Crippen LogP contribution < -0.4 is 4.90 Å². The van der Waals surface area contributed by atoms with Gasteiger partial charge in [-0.15, -0.1) is 11.3 Å². The lowest BCUT2D eigenvalue weighted by atomic mass is 9.95. The Morgan fingerprint density at radius 3 is 2.27 bits per heavy atom. The van der Waals surface area contributed by atoms with Crippen molar-refractivity contribution in [1.29, 1.82) is 0 Å². The van der Waals surface area contributed by atoms with E-state index in [-0.39, 0.29) is 22.5 Å². The normalized spacial score (nSPS) is 19.4. The van der Waals surface area contributed by atoms with Crippen LogP contribution in [0.25, 0.3) is 0 Å². The van der Waals surface area contributed by atoms with E-state index < -0.39 is 16.1 Å². The number of hydrogen-bond donors (Lipinski definition) is 0. The predicted molar refractivity (Wildman–Crippen MR) is 126 cm³/mol. The smallest absolute Gasteiger partial charge is 0.253 e. The van der Waals surface area contributed by atoms with Crippen LogP contribution >= 0.6 is 11.3 Å². The fourth-order valence-corrected chi connectivity index (χ4v) is 7.21. The summed E-state index contributed by atoms with van der Waals surface area (Å²) in [5.41, 5.74) is 2.86. The van der Waals surface area contributed by atoms with Gasteiger partial charge in [-0.1, -0.05) is 30.3 Å². The molecule has 0 aliphatic carbocycles. The minimum Gasteiger partial charge on any atom is -0.368 e. The standard InChI is InChI=1S/C24H24FN3O3S2/c25-20-7-9-21(10-8-20)26-11-13-27(14-12-26)24(29)22-16-18-4-1-2-5-19(18)17-28(22)33(30,31)23-6-3-15-32-23/h1-10,15,22H,11-14,16-17H2/t22-/m0/s1. The monoisotopic (exact) mass is 485 g/mol. The van der Waals surface area contributed by atoms with E-state index in [1.165, 1.54) is 27.8 Å². The van der Waals surface area contributed by atoms with Crippen LogP contribution in [0.4, 0.5) is 10.1 Å². The predicted octanol–water partition coefficient (Wildman–Crippen LogP) is 3.35. The molecule has 0 N–H and O–H groups in total. The molecule has 9 heteroatoms. The molecule has 2 aliphatic rings. The number of halogens is 1. The molecule has 0 radical (unpaired) electrons. The lowest BCUT2D eigenvalue weighted by Crippen LogP contribution is -2.57. The summed E-state index contributed by atoms with van der Waals surface area (Å²) >= 11 is 1.17. The van der Waals surface area contributed by atoms with Crippen LogP contribution in [-0.2, 0) is 27.8 Å². The first-order valence-electron chi connectivity index (χ1n) is 10.8. The second-order valence-corrected chi connectivity index (χ2v) is 11.3. The molecule has 172 valence electrons. The summed E-state index contributed by atoms with van der Waals surface area (Å²) in [6.07, 6.45) is 0.359. The number of sulfonamides is 1. The molecule has 3 heterocycles. The number of nitrogens with zero attached hydrogens (tertiary/aromatic N) is 3. The van der Waals surface area contributed by atoms with Crippen molar-refractivity contribution in [2.75, 3.05) is 31.1 Å². The number of amides is 1. The summed E-state index contributed by atoms with van der Waals surface area (Å²) in [5, 5.41) is 1.73. The molecular weight excluding hydrogens is 461 g/mol. The number of anilines is 1. The molecule has 1 amide bonds. The summed E-state index contributed by atoms with van der Waals surface area (Å²) < 4.78 is 41.8. The third-order valence-electron chi connectivity index (χ3n) is 6.33. The molecule has 2 aliphatic heterocycles. The van der Waals surface area contributed by atoms with Gasteiger partial charge >= 0.3 is 0 Å². The molecule has 1 aromatic heterocycles. The van der Waals surface area contributed by atoms with Gasteiger partial charge in [-0.05, 0) is 53.3 Å². The third kappa shape index (κ3) is 4.28. The van der Waals surface area contributed by atoms with Gasteiger partial charge in [0.05, 0.1) is 0 Å². The molecule has 2 aromatic carbocycles. The lowest BCUT2D eigenvalue weighted by Gasteiger charge is -2.41. The first-order chi connectivity index (χ1) is 15.9. The van der Waals surface area contributed by atoms with Gasteiger partial charge < -0.3 is 9.80 Å². The zero-order valence-corrected chi connectivity index (χ0v) is 19.6. The zero-order valence-electron chi connectivity index (χ0n) is 17.9. The number of carbonyl (C=O) groups excluding carboxylic acids is 1. The van der Waals surface area contributed by atoms with Gasteiger partial charge in [0.2, 0.25) is 5.91 Å². The molecule has 5 rings (SSSR count). The Morgan fingerprint density at radius 1 is 0.909 bits per heavy atom. The van der Waals surface area contributed by atoms with Crippen molar-refractivity contribution in [2.45, 2.75) is 23.2 Å². The van der Waals surface area contributed by atoms with Crippen molar-refractivity contribution in [3.63, 3.8) is 0 Å². The van der Waals surface area contributed by atoms with E-state index in [2.05, 4.69) is 4.90 Å². The molecule has 1 fully saturated rings. The SMILES string of the molecule is O=C([C@@H]1Cc2ccccc2CN1S(=O)(=O)c1cccs1)N1CCN(c2ccc(F)cc2)CC1. The van der Waals surface area contributed by atoms with E-state index in [9.17, 15) is 17.6 Å². The van der Waals surface area contributed by atoms with Gasteiger partial charge in [-0.3, -0.25) is 4.79 Å². The van der Waals surface area contributed by atoms with Crippen molar-refractivity contribution in [1.82, 2.24) is 9.21 Å². The van der Waals surface area contributed by atoms with Gasteiger partial charge in [0.25, 0.3) is 10.0 Å². The Kier molecular flexibility index (Phi) is 5.94. The van der Waals surface area contributed by atoms with Crippen LogP contribution in [0.2, 0.25) is 0 Å². The lowest BCUT2D eigenvalue weighted by molar-refractivity contribution is -0.136. The average Bonchev–Trinajstić information content (AvgIpc) is 3.39. The Bertz CT molecular complexity index is 1240. The third-order valence-corrected chi connectivity index (χ3v) is 9.56. The summed E-state index contributed by atoms with van der Waals surface area (Å²) in [7, 11) is -3.79. The molecule has 0 unspecified atom stereocenters. The molecule has 0 saturated carbocycles. The van der Waals surface area contributed by atoms with Crippen LogP contribution in [0.5, 0.6) is 0 Å². The molecular formula is C24H24FN3O3S2. The van der Waals surface area contributed by atoms with E-state index in [1.54, 1.807) is 34.5 Å². The Hall–Kier alpha value is -2.75. The van der Waals surface area contributed by atoms with Crippen molar-refractivity contribution in [3.8, 4) is 0 Å². The van der Waals surface area contributed by atoms with Gasteiger partial charge in [0.1, 0.15) is 16.1 Å². The molecule has 1 saturated heterocycles. The second kappa shape index (κ2) is 8.89. The fraction of sp³-hybridized carbons (Fsp3) is 0.292. The van der Waals surface area contributed by atoms with Crippen LogP contribution in [0, 0.1) is 5.82 Å². The van der Waals surface area contributed by atoms with E-state index in [0.29, 0.717) is 32.6 Å². The maximum absolute atomic E-state index is 13.6. The highest BCUT2D eigenvalue weighted by Crippen LogP contribution is 2.32.